The summed E-state index contributed by atoms with van der Waals surface area (Å²) in [5, 5.41) is 7.36. The van der Waals surface area contributed by atoms with E-state index >= 15 is 0 Å². The maximum absolute atomic E-state index is 13.0. The van der Waals surface area contributed by atoms with Crippen LogP contribution in [-0.2, 0) is 16.0 Å². The molecular weight excluding hydrogens is 396 g/mol. The number of fused-ring (bicyclic) bond motifs is 1. The van der Waals surface area contributed by atoms with Crippen LogP contribution in [0.15, 0.2) is 18.2 Å². The van der Waals surface area contributed by atoms with Crippen LogP contribution in [0, 0.1) is 5.92 Å². The number of amides is 2. The third-order valence-electron chi connectivity index (χ3n) is 5.30. The van der Waals surface area contributed by atoms with E-state index in [4.69, 9.17) is 17.3 Å². The molecule has 3 rings (SSSR count). The lowest BCUT2D eigenvalue weighted by Crippen LogP contribution is -2.53. The smallest absolute Gasteiger partial charge is 0.243 e. The Balaban J connectivity index is 1.74. The molecule has 2 amide bonds. The zero-order valence-electron chi connectivity index (χ0n) is 16.0. The number of hydrogen-bond acceptors (Lipinski definition) is 5. The van der Waals surface area contributed by atoms with Crippen molar-refractivity contribution in [2.45, 2.75) is 57.5 Å². The van der Waals surface area contributed by atoms with Crippen LogP contribution in [0.2, 0.25) is 5.02 Å². The number of nitrogens with zero attached hydrogens (tertiary/aromatic N) is 1. The van der Waals surface area contributed by atoms with Gasteiger partial charge in [-0.2, -0.15) is 0 Å². The fourth-order valence-corrected chi connectivity index (χ4v) is 5.01. The minimum absolute atomic E-state index is 0.0507. The largest absolute Gasteiger partial charge is 0.350 e. The van der Waals surface area contributed by atoms with Gasteiger partial charge in [0.05, 0.1) is 15.2 Å². The van der Waals surface area contributed by atoms with E-state index in [0.29, 0.717) is 30.3 Å². The van der Waals surface area contributed by atoms with Crippen molar-refractivity contribution >= 4 is 45.0 Å². The van der Waals surface area contributed by atoms with Gasteiger partial charge in [0.2, 0.25) is 11.8 Å². The third kappa shape index (κ3) is 5.21. The summed E-state index contributed by atoms with van der Waals surface area (Å²) < 4.78 is 0.967. The van der Waals surface area contributed by atoms with E-state index in [9.17, 15) is 9.59 Å². The van der Waals surface area contributed by atoms with Crippen LogP contribution in [0.5, 0.6) is 0 Å². The Kier molecular flexibility index (Phi) is 7.26. The summed E-state index contributed by atoms with van der Waals surface area (Å²) in [6.45, 7) is 2.18. The minimum atomic E-state index is -0.668. The van der Waals surface area contributed by atoms with Crippen LogP contribution in [0.25, 0.3) is 10.2 Å². The average Bonchev–Trinajstić information content (AvgIpc) is 3.34. The number of thiazole rings is 1. The van der Waals surface area contributed by atoms with Crippen molar-refractivity contribution in [2.75, 3.05) is 6.54 Å². The van der Waals surface area contributed by atoms with Crippen molar-refractivity contribution in [2.24, 2.45) is 11.7 Å². The summed E-state index contributed by atoms with van der Waals surface area (Å²) in [5.41, 5.74) is 6.76. The highest BCUT2D eigenvalue weighted by molar-refractivity contribution is 7.18. The topological polar surface area (TPSA) is 97.1 Å². The van der Waals surface area contributed by atoms with Crippen LogP contribution in [0.4, 0.5) is 0 Å². The van der Waals surface area contributed by atoms with Gasteiger partial charge in [-0.15, -0.1) is 11.3 Å². The van der Waals surface area contributed by atoms with Gasteiger partial charge in [0.25, 0.3) is 0 Å². The molecule has 1 aromatic carbocycles. The lowest BCUT2D eigenvalue weighted by molar-refractivity contribution is -0.129. The standard InChI is InChI=1S/C20H27ClN4O2S/c1-2-18(26)23-15(20(27)25-16(11-22)12-5-3-4-6-12)10-19-24-14-8-7-13(21)9-17(14)28-19/h7-9,12,15-16H,2-6,10-11,22H2,1H3,(H,23,26)(H,25,27)/t15-,16+/m0/s1. The molecule has 0 spiro atoms. The first-order chi connectivity index (χ1) is 13.5. The predicted molar refractivity (Wildman–Crippen MR) is 113 cm³/mol. The van der Waals surface area contributed by atoms with Gasteiger partial charge in [0.1, 0.15) is 6.04 Å². The first-order valence-electron chi connectivity index (χ1n) is 9.85. The second-order valence-corrected chi connectivity index (χ2v) is 8.84. The van der Waals surface area contributed by atoms with Crippen LogP contribution < -0.4 is 16.4 Å². The Morgan fingerprint density at radius 1 is 1.32 bits per heavy atom. The molecule has 1 aliphatic rings. The van der Waals surface area contributed by atoms with Crippen molar-refractivity contribution < 1.29 is 9.59 Å². The fourth-order valence-electron chi connectivity index (χ4n) is 3.73. The molecule has 1 fully saturated rings. The van der Waals surface area contributed by atoms with E-state index in [0.717, 1.165) is 28.1 Å². The van der Waals surface area contributed by atoms with Gasteiger partial charge >= 0.3 is 0 Å². The highest BCUT2D eigenvalue weighted by Crippen LogP contribution is 2.28. The van der Waals surface area contributed by atoms with Crippen molar-refractivity contribution in [3.63, 3.8) is 0 Å². The second-order valence-electron chi connectivity index (χ2n) is 7.29. The molecule has 0 bridgehead atoms. The van der Waals surface area contributed by atoms with Gasteiger partial charge in [-0.25, -0.2) is 4.98 Å². The van der Waals surface area contributed by atoms with E-state index in [1.54, 1.807) is 13.0 Å². The number of nitrogens with one attached hydrogen (secondary N) is 2. The normalized spacial score (nSPS) is 16.8. The zero-order valence-corrected chi connectivity index (χ0v) is 17.6. The maximum Gasteiger partial charge on any atom is 0.243 e. The highest BCUT2D eigenvalue weighted by Gasteiger charge is 2.29. The molecule has 6 nitrogen and oxygen atoms in total. The monoisotopic (exact) mass is 422 g/mol. The van der Waals surface area contributed by atoms with E-state index < -0.39 is 6.04 Å². The lowest BCUT2D eigenvalue weighted by Gasteiger charge is -2.26. The molecule has 1 aliphatic carbocycles. The van der Waals surface area contributed by atoms with Crippen molar-refractivity contribution in [3.8, 4) is 0 Å². The molecular formula is C20H27ClN4O2S. The molecule has 0 unspecified atom stereocenters. The summed E-state index contributed by atoms with van der Waals surface area (Å²) in [5.74, 6) is 0.0666. The first kappa shape index (κ1) is 21.0. The SMILES string of the molecule is CCC(=O)N[C@@H](Cc1nc2ccc(Cl)cc2s1)C(=O)N[C@H](CN)C1CCCC1. The number of aromatic nitrogens is 1. The molecule has 1 aromatic heterocycles. The predicted octanol–water partition coefficient (Wildman–Crippen LogP) is 3.02. The summed E-state index contributed by atoms with van der Waals surface area (Å²) in [4.78, 5) is 29.6. The molecule has 4 N–H and O–H groups in total. The van der Waals surface area contributed by atoms with E-state index in [-0.39, 0.29) is 17.9 Å². The summed E-state index contributed by atoms with van der Waals surface area (Å²) in [6.07, 6.45) is 5.21. The molecule has 2 aromatic rings. The number of benzene rings is 1. The summed E-state index contributed by atoms with van der Waals surface area (Å²) >= 11 is 7.54. The third-order valence-corrected chi connectivity index (χ3v) is 6.57. The number of rotatable bonds is 8. The second kappa shape index (κ2) is 9.67. The Hall–Kier alpha value is -1.70. The number of nitrogens with two attached hydrogens (primary N) is 1. The number of carbonyl (C=O) groups is 2. The molecule has 0 saturated heterocycles. The van der Waals surface area contributed by atoms with Gasteiger partial charge in [0, 0.05) is 30.5 Å². The van der Waals surface area contributed by atoms with Crippen molar-refractivity contribution in [3.05, 3.63) is 28.2 Å². The number of halogens is 1. The lowest BCUT2D eigenvalue weighted by atomic mass is 9.97. The molecule has 152 valence electrons. The molecule has 1 heterocycles. The average molecular weight is 423 g/mol. The Morgan fingerprint density at radius 3 is 2.75 bits per heavy atom. The zero-order chi connectivity index (χ0) is 20.1. The van der Waals surface area contributed by atoms with Crippen LogP contribution >= 0.6 is 22.9 Å². The van der Waals surface area contributed by atoms with Gasteiger partial charge in [0.15, 0.2) is 0 Å². The fraction of sp³-hybridized carbons (Fsp3) is 0.550. The van der Waals surface area contributed by atoms with Crippen molar-refractivity contribution in [1.29, 1.82) is 0 Å². The minimum Gasteiger partial charge on any atom is -0.350 e. The summed E-state index contributed by atoms with van der Waals surface area (Å²) in [6, 6.07) is 4.80. The van der Waals surface area contributed by atoms with Gasteiger partial charge in [-0.3, -0.25) is 9.59 Å². The Morgan fingerprint density at radius 2 is 2.07 bits per heavy atom. The maximum atomic E-state index is 13.0. The number of hydrogen-bond donors (Lipinski definition) is 3. The van der Waals surface area contributed by atoms with E-state index in [1.807, 2.05) is 12.1 Å². The molecule has 1 saturated carbocycles. The van der Waals surface area contributed by atoms with Gasteiger partial charge < -0.3 is 16.4 Å². The molecule has 2 atom stereocenters. The van der Waals surface area contributed by atoms with Crippen LogP contribution in [0.1, 0.15) is 44.0 Å². The van der Waals surface area contributed by atoms with Crippen LogP contribution in [0.3, 0.4) is 0 Å². The van der Waals surface area contributed by atoms with Crippen LogP contribution in [-0.4, -0.2) is 35.4 Å². The Labute approximate surface area is 174 Å². The van der Waals surface area contributed by atoms with Gasteiger partial charge in [-0.1, -0.05) is 31.4 Å². The Bertz CT molecular complexity index is 835. The summed E-state index contributed by atoms with van der Waals surface area (Å²) in [7, 11) is 0. The van der Waals surface area contributed by atoms with Crippen molar-refractivity contribution in [1.82, 2.24) is 15.6 Å². The number of carbonyl (C=O) groups excluding carboxylic acids is 2. The van der Waals surface area contributed by atoms with Gasteiger partial charge in [-0.05, 0) is 37.0 Å². The molecule has 0 radical (unpaired) electrons. The quantitative estimate of drug-likeness (QED) is 0.609. The first-order valence-corrected chi connectivity index (χ1v) is 11.0. The molecule has 8 heteroatoms. The van der Waals surface area contributed by atoms with E-state index in [1.165, 1.54) is 24.2 Å². The highest BCUT2D eigenvalue weighted by atomic mass is 35.5. The molecule has 0 aliphatic heterocycles. The van der Waals surface area contributed by atoms with E-state index in [2.05, 4.69) is 15.6 Å². The molecule has 28 heavy (non-hydrogen) atoms.